The Balaban J connectivity index is 1.93. The van der Waals surface area contributed by atoms with E-state index in [1.807, 2.05) is 42.5 Å². The number of rotatable bonds is 4. The quantitative estimate of drug-likeness (QED) is 0.844. The highest BCUT2D eigenvalue weighted by Gasteiger charge is 2.30. The molecule has 0 spiro atoms. The van der Waals surface area contributed by atoms with Gasteiger partial charge >= 0.3 is 0 Å². The molecule has 0 radical (unpaired) electrons. The van der Waals surface area contributed by atoms with Crippen molar-refractivity contribution in [2.45, 2.75) is 12.5 Å². The van der Waals surface area contributed by atoms with E-state index in [2.05, 4.69) is 10.5 Å². The van der Waals surface area contributed by atoms with Gasteiger partial charge in [-0.2, -0.15) is 10.2 Å². The van der Waals surface area contributed by atoms with Crippen molar-refractivity contribution in [1.82, 2.24) is 10.5 Å². The van der Waals surface area contributed by atoms with Crippen LogP contribution in [-0.4, -0.2) is 22.3 Å². The third-order valence-corrected chi connectivity index (χ3v) is 3.50. The second-order valence-corrected chi connectivity index (χ2v) is 4.78. The summed E-state index contributed by atoms with van der Waals surface area (Å²) in [5, 5.41) is 16.0. The lowest BCUT2D eigenvalue weighted by Crippen LogP contribution is -2.32. The maximum atomic E-state index is 10.8. The molecule has 0 aromatic heterocycles. The summed E-state index contributed by atoms with van der Waals surface area (Å²) in [6, 6.07) is 16.7. The Labute approximate surface area is 122 Å². The van der Waals surface area contributed by atoms with Gasteiger partial charge in [-0.15, -0.1) is 0 Å². The zero-order valence-electron chi connectivity index (χ0n) is 11.3. The van der Waals surface area contributed by atoms with Crippen molar-refractivity contribution in [3.63, 3.8) is 0 Å². The minimum atomic E-state index is -0.216. The molecule has 3 rings (SSSR count). The first-order valence-electron chi connectivity index (χ1n) is 6.69. The van der Waals surface area contributed by atoms with E-state index >= 15 is 0 Å². The van der Waals surface area contributed by atoms with E-state index in [0.717, 1.165) is 16.8 Å². The Morgan fingerprint density at radius 3 is 2.57 bits per heavy atom. The summed E-state index contributed by atoms with van der Waals surface area (Å²) in [6.07, 6.45) is 1.20. The van der Waals surface area contributed by atoms with E-state index < -0.39 is 0 Å². The van der Waals surface area contributed by atoms with Gasteiger partial charge in [0.2, 0.25) is 6.41 Å². The van der Waals surface area contributed by atoms with Gasteiger partial charge in [0.15, 0.2) is 0 Å². The van der Waals surface area contributed by atoms with Crippen LogP contribution in [0, 0.1) is 0 Å². The van der Waals surface area contributed by atoms with Gasteiger partial charge in [0.05, 0.1) is 5.71 Å². The molecule has 0 aliphatic carbocycles. The summed E-state index contributed by atoms with van der Waals surface area (Å²) < 4.78 is 0. The fraction of sp³-hybridized carbons (Fsp3) is 0.125. The minimum Gasteiger partial charge on any atom is -0.508 e. The summed E-state index contributed by atoms with van der Waals surface area (Å²) >= 11 is 0. The van der Waals surface area contributed by atoms with E-state index in [-0.39, 0.29) is 11.8 Å². The summed E-state index contributed by atoms with van der Waals surface area (Å²) in [5.74, 6) is 0.199. The number of para-hydroxylation sites is 1. The predicted octanol–water partition coefficient (Wildman–Crippen LogP) is 2.20. The molecular weight excluding hydrogens is 266 g/mol. The van der Waals surface area contributed by atoms with Crippen molar-refractivity contribution in [3.8, 4) is 5.75 Å². The SMILES string of the molecule is O=CNN1N=C(c2ccccc2)CC1c1ccccc1O. The van der Waals surface area contributed by atoms with Crippen molar-refractivity contribution < 1.29 is 9.90 Å². The number of hydrazone groups is 1. The van der Waals surface area contributed by atoms with E-state index in [1.165, 1.54) is 5.12 Å². The monoisotopic (exact) mass is 281 g/mol. The smallest absolute Gasteiger partial charge is 0.226 e. The molecule has 2 aromatic rings. The molecule has 21 heavy (non-hydrogen) atoms. The van der Waals surface area contributed by atoms with Gasteiger partial charge in [0.25, 0.3) is 0 Å². The predicted molar refractivity (Wildman–Crippen MR) is 79.5 cm³/mol. The first kappa shape index (κ1) is 13.2. The average Bonchev–Trinajstić information content (AvgIpc) is 2.93. The average molecular weight is 281 g/mol. The van der Waals surface area contributed by atoms with Crippen LogP contribution in [0.25, 0.3) is 0 Å². The number of amides is 1. The molecule has 0 fully saturated rings. The summed E-state index contributed by atoms with van der Waals surface area (Å²) in [6.45, 7) is 0. The number of nitrogens with zero attached hydrogens (tertiary/aromatic N) is 2. The molecule has 1 amide bonds. The standard InChI is InChI=1S/C16H15N3O2/c20-11-17-19-15(13-8-4-5-9-16(13)21)10-14(18-19)12-6-2-1-3-7-12/h1-9,11,15,21H,10H2,(H,17,20). The topological polar surface area (TPSA) is 64.9 Å². The van der Waals surface area contributed by atoms with E-state index in [1.54, 1.807) is 12.1 Å². The number of hydrogen-bond acceptors (Lipinski definition) is 4. The first-order valence-corrected chi connectivity index (χ1v) is 6.69. The molecule has 1 heterocycles. The van der Waals surface area contributed by atoms with Crippen LogP contribution in [0.1, 0.15) is 23.6 Å². The number of benzene rings is 2. The third kappa shape index (κ3) is 2.58. The van der Waals surface area contributed by atoms with Gasteiger partial charge in [-0.25, -0.2) is 0 Å². The van der Waals surface area contributed by atoms with Crippen molar-refractivity contribution in [1.29, 1.82) is 0 Å². The molecule has 5 heteroatoms. The Hall–Kier alpha value is -2.82. The number of hydrogen-bond donors (Lipinski definition) is 2. The Morgan fingerprint density at radius 2 is 1.86 bits per heavy atom. The van der Waals surface area contributed by atoms with Crippen molar-refractivity contribution in [3.05, 3.63) is 65.7 Å². The van der Waals surface area contributed by atoms with Crippen LogP contribution in [-0.2, 0) is 4.79 Å². The first-order chi connectivity index (χ1) is 10.3. The summed E-state index contributed by atoms with van der Waals surface area (Å²) in [4.78, 5) is 10.8. The zero-order chi connectivity index (χ0) is 14.7. The second kappa shape index (κ2) is 5.66. The summed E-state index contributed by atoms with van der Waals surface area (Å²) in [5.41, 5.74) is 5.19. The molecule has 0 bridgehead atoms. The second-order valence-electron chi connectivity index (χ2n) is 4.78. The van der Waals surface area contributed by atoms with E-state index in [9.17, 15) is 9.90 Å². The highest BCUT2D eigenvalue weighted by Crippen LogP contribution is 2.35. The van der Waals surface area contributed by atoms with E-state index in [0.29, 0.717) is 12.8 Å². The highest BCUT2D eigenvalue weighted by molar-refractivity contribution is 6.01. The van der Waals surface area contributed by atoms with Crippen LogP contribution in [0.3, 0.4) is 0 Å². The number of hydrazine groups is 1. The molecule has 2 N–H and O–H groups in total. The van der Waals surface area contributed by atoms with Gasteiger partial charge in [-0.1, -0.05) is 48.5 Å². The fourth-order valence-electron chi connectivity index (χ4n) is 2.50. The number of nitrogens with one attached hydrogen (secondary N) is 1. The Kier molecular flexibility index (Phi) is 3.55. The van der Waals surface area contributed by atoms with Gasteiger partial charge in [-0.05, 0) is 11.6 Å². The maximum Gasteiger partial charge on any atom is 0.226 e. The molecular formula is C16H15N3O2. The molecule has 1 atom stereocenters. The molecule has 1 aliphatic rings. The van der Waals surface area contributed by atoms with Crippen LogP contribution in [0.2, 0.25) is 0 Å². The van der Waals surface area contributed by atoms with Crippen LogP contribution in [0.15, 0.2) is 59.7 Å². The number of carbonyl (C=O) groups excluding carboxylic acids is 1. The Morgan fingerprint density at radius 1 is 1.14 bits per heavy atom. The molecule has 0 saturated carbocycles. The summed E-state index contributed by atoms with van der Waals surface area (Å²) in [7, 11) is 0. The number of phenolic OH excluding ortho intramolecular Hbond substituents is 1. The third-order valence-electron chi connectivity index (χ3n) is 3.50. The lowest BCUT2D eigenvalue weighted by Gasteiger charge is -2.22. The lowest BCUT2D eigenvalue weighted by atomic mass is 9.98. The van der Waals surface area contributed by atoms with Crippen molar-refractivity contribution in [2.24, 2.45) is 5.10 Å². The van der Waals surface area contributed by atoms with Crippen molar-refractivity contribution in [2.75, 3.05) is 0 Å². The molecule has 0 saturated heterocycles. The van der Waals surface area contributed by atoms with Crippen molar-refractivity contribution >= 4 is 12.1 Å². The van der Waals surface area contributed by atoms with Gasteiger partial charge < -0.3 is 5.11 Å². The maximum absolute atomic E-state index is 10.8. The molecule has 1 aliphatic heterocycles. The molecule has 106 valence electrons. The number of aromatic hydroxyl groups is 1. The van der Waals surface area contributed by atoms with Crippen LogP contribution < -0.4 is 5.43 Å². The van der Waals surface area contributed by atoms with Crippen LogP contribution in [0.4, 0.5) is 0 Å². The minimum absolute atomic E-state index is 0.199. The zero-order valence-corrected chi connectivity index (χ0v) is 11.3. The molecule has 1 unspecified atom stereocenters. The van der Waals surface area contributed by atoms with Crippen LogP contribution in [0.5, 0.6) is 5.75 Å². The molecule has 2 aromatic carbocycles. The lowest BCUT2D eigenvalue weighted by molar-refractivity contribution is -0.114. The molecule has 5 nitrogen and oxygen atoms in total. The Bertz CT molecular complexity index is 670. The van der Waals surface area contributed by atoms with Crippen LogP contribution >= 0.6 is 0 Å². The van der Waals surface area contributed by atoms with Gasteiger partial charge in [-0.3, -0.25) is 10.2 Å². The van der Waals surface area contributed by atoms with Gasteiger partial charge in [0.1, 0.15) is 11.8 Å². The number of carbonyl (C=O) groups is 1. The highest BCUT2D eigenvalue weighted by atomic mass is 16.3. The van der Waals surface area contributed by atoms with Gasteiger partial charge in [0, 0.05) is 12.0 Å². The fourth-order valence-corrected chi connectivity index (χ4v) is 2.50. The normalized spacial score (nSPS) is 17.4. The van der Waals surface area contributed by atoms with E-state index in [4.69, 9.17) is 0 Å². The number of phenols is 1. The largest absolute Gasteiger partial charge is 0.508 e.